The minimum absolute atomic E-state index is 0.105. The first kappa shape index (κ1) is 37.1. The lowest BCUT2D eigenvalue weighted by atomic mass is 9.78. The third kappa shape index (κ3) is 6.43. The number of fused-ring (bicyclic) bond motifs is 4. The maximum Gasteiger partial charge on any atom is 0.149 e. The molecule has 0 saturated heterocycles. The lowest BCUT2D eigenvalue weighted by Gasteiger charge is -2.26. The molecular formula is C55H45N3O2. The predicted molar refractivity (Wildman–Crippen MR) is 247 cm³/mol. The van der Waals surface area contributed by atoms with Gasteiger partial charge in [-0.25, -0.2) is 4.98 Å². The smallest absolute Gasteiger partial charge is 0.149 e. The molecule has 0 aliphatic heterocycles. The third-order valence-electron chi connectivity index (χ3n) is 12.0. The van der Waals surface area contributed by atoms with Gasteiger partial charge in [-0.15, -0.1) is 0 Å². The fraction of sp³-hybridized carbons (Fsp3) is 0.127. The third-order valence-corrected chi connectivity index (χ3v) is 12.0. The SMILES string of the molecule is CC(C)(C)c1cc(-c2cc(-c3ccc(C(C)(C)c4ccccc4)cc3)ccn2)cc(-c2cccc3c2nc(-c2cc4c(cc2O)oc2ccccc24)n3-c2ccccc2)c1. The Morgan fingerprint density at radius 3 is 1.98 bits per heavy atom. The molecule has 0 saturated carbocycles. The van der Waals surface area contributed by atoms with Gasteiger partial charge < -0.3 is 9.52 Å². The normalized spacial score (nSPS) is 12.2. The van der Waals surface area contributed by atoms with Crippen molar-refractivity contribution in [1.82, 2.24) is 14.5 Å². The second-order valence-corrected chi connectivity index (χ2v) is 17.3. The molecule has 0 amide bonds. The number of para-hydroxylation sites is 3. The molecule has 7 aromatic carbocycles. The van der Waals surface area contributed by atoms with Crippen LogP contribution >= 0.6 is 0 Å². The number of nitrogens with zero attached hydrogens (tertiary/aromatic N) is 3. The maximum atomic E-state index is 11.6. The molecule has 3 heterocycles. The molecular weight excluding hydrogens is 735 g/mol. The second kappa shape index (κ2) is 14.2. The van der Waals surface area contributed by atoms with Gasteiger partial charge in [0.1, 0.15) is 22.7 Å². The molecule has 3 aromatic heterocycles. The van der Waals surface area contributed by atoms with E-state index in [-0.39, 0.29) is 16.6 Å². The first-order valence-corrected chi connectivity index (χ1v) is 20.5. The molecule has 0 radical (unpaired) electrons. The lowest BCUT2D eigenvalue weighted by molar-refractivity contribution is 0.476. The van der Waals surface area contributed by atoms with Crippen LogP contribution in [0.3, 0.4) is 0 Å². The van der Waals surface area contributed by atoms with Gasteiger partial charge in [0.2, 0.25) is 0 Å². The molecule has 1 N–H and O–H groups in total. The van der Waals surface area contributed by atoms with Gasteiger partial charge >= 0.3 is 0 Å². The van der Waals surface area contributed by atoms with E-state index in [0.717, 1.165) is 66.6 Å². The van der Waals surface area contributed by atoms with Crippen LogP contribution in [0.5, 0.6) is 5.75 Å². The largest absolute Gasteiger partial charge is 0.507 e. The quantitative estimate of drug-likeness (QED) is 0.175. The average molecular weight is 780 g/mol. The van der Waals surface area contributed by atoms with Crippen LogP contribution in [0.1, 0.15) is 51.3 Å². The zero-order valence-electron chi connectivity index (χ0n) is 34.4. The van der Waals surface area contributed by atoms with E-state index in [4.69, 9.17) is 14.4 Å². The van der Waals surface area contributed by atoms with Crippen LogP contribution < -0.4 is 0 Å². The molecule has 10 aromatic rings. The standard InChI is InChI=1S/C55H45N3O2/c1-54(2,3)41-30-37(29-38(31-41)47-32-36(27-28-56-47)35-23-25-40(26-24-35)55(4,5)39-15-8-6-9-16-39)43-20-14-21-48-52(43)57-53(58(48)42-17-10-7-11-18-42)46-33-45-44-19-12-13-22-50(44)60-51(45)34-49(46)59/h6-34,59H,1-5H3. The number of pyridine rings is 1. The minimum Gasteiger partial charge on any atom is -0.507 e. The summed E-state index contributed by atoms with van der Waals surface area (Å²) < 4.78 is 8.28. The summed E-state index contributed by atoms with van der Waals surface area (Å²) in [7, 11) is 0. The van der Waals surface area contributed by atoms with E-state index in [2.05, 4.69) is 154 Å². The summed E-state index contributed by atoms with van der Waals surface area (Å²) in [6.07, 6.45) is 1.91. The zero-order valence-corrected chi connectivity index (χ0v) is 34.4. The molecule has 10 rings (SSSR count). The van der Waals surface area contributed by atoms with Crippen LogP contribution in [-0.2, 0) is 10.8 Å². The molecule has 0 atom stereocenters. The van der Waals surface area contributed by atoms with Crippen LogP contribution in [0, 0.1) is 0 Å². The Labute approximate surface area is 350 Å². The van der Waals surface area contributed by atoms with Crippen LogP contribution in [-0.4, -0.2) is 19.6 Å². The summed E-state index contributed by atoms with van der Waals surface area (Å²) in [6, 6.07) is 59.0. The highest BCUT2D eigenvalue weighted by molar-refractivity contribution is 6.07. The van der Waals surface area contributed by atoms with E-state index in [9.17, 15) is 5.11 Å². The molecule has 0 unspecified atom stereocenters. The number of furan rings is 1. The number of phenolic OH excluding ortho intramolecular Hbond substituents is 1. The number of imidazole rings is 1. The van der Waals surface area contributed by atoms with Gasteiger partial charge in [0.15, 0.2) is 0 Å². The number of benzene rings is 7. The summed E-state index contributed by atoms with van der Waals surface area (Å²) in [5.74, 6) is 0.751. The zero-order chi connectivity index (χ0) is 41.2. The fourth-order valence-electron chi connectivity index (χ4n) is 8.52. The Morgan fingerprint density at radius 2 is 1.22 bits per heavy atom. The molecule has 5 nitrogen and oxygen atoms in total. The Hall–Kier alpha value is -7.24. The average Bonchev–Trinajstić information content (AvgIpc) is 3.84. The van der Waals surface area contributed by atoms with Gasteiger partial charge in [-0.05, 0) is 93.4 Å². The first-order chi connectivity index (χ1) is 29.0. The van der Waals surface area contributed by atoms with E-state index < -0.39 is 0 Å². The summed E-state index contributed by atoms with van der Waals surface area (Å²) >= 11 is 0. The van der Waals surface area contributed by atoms with Crippen LogP contribution in [0.4, 0.5) is 0 Å². The Kier molecular flexibility index (Phi) is 8.80. The number of aromatic hydroxyl groups is 1. The number of aromatic nitrogens is 3. The van der Waals surface area contributed by atoms with Gasteiger partial charge in [-0.3, -0.25) is 9.55 Å². The molecule has 292 valence electrons. The van der Waals surface area contributed by atoms with Crippen LogP contribution in [0.15, 0.2) is 180 Å². The van der Waals surface area contributed by atoms with Crippen molar-refractivity contribution in [3.63, 3.8) is 0 Å². The van der Waals surface area contributed by atoms with E-state index in [1.54, 1.807) is 6.07 Å². The van der Waals surface area contributed by atoms with E-state index in [0.29, 0.717) is 17.0 Å². The molecule has 0 aliphatic rings. The van der Waals surface area contributed by atoms with Crippen LogP contribution in [0.2, 0.25) is 0 Å². The number of hydrogen-bond donors (Lipinski definition) is 1. The number of hydrogen-bond acceptors (Lipinski definition) is 4. The first-order valence-electron chi connectivity index (χ1n) is 20.5. The van der Waals surface area contributed by atoms with Gasteiger partial charge in [-0.1, -0.05) is 144 Å². The number of rotatable bonds is 7. The van der Waals surface area contributed by atoms with Crippen LogP contribution in [0.25, 0.3) is 83.6 Å². The highest BCUT2D eigenvalue weighted by Gasteiger charge is 2.25. The van der Waals surface area contributed by atoms with E-state index in [1.807, 2.05) is 54.7 Å². The lowest BCUT2D eigenvalue weighted by Crippen LogP contribution is -2.18. The monoisotopic (exact) mass is 779 g/mol. The van der Waals surface area contributed by atoms with E-state index in [1.165, 1.54) is 16.7 Å². The van der Waals surface area contributed by atoms with Gasteiger partial charge in [0, 0.05) is 45.3 Å². The Bertz CT molecular complexity index is 3210. The van der Waals surface area contributed by atoms with Crippen molar-refractivity contribution in [2.75, 3.05) is 0 Å². The summed E-state index contributed by atoms with van der Waals surface area (Å²) in [5, 5.41) is 13.6. The Morgan fingerprint density at radius 1 is 0.517 bits per heavy atom. The summed E-state index contributed by atoms with van der Waals surface area (Å²) in [6.45, 7) is 11.3. The molecule has 0 spiro atoms. The predicted octanol–water partition coefficient (Wildman–Crippen LogP) is 14.3. The topological polar surface area (TPSA) is 64.1 Å². The maximum absolute atomic E-state index is 11.6. The van der Waals surface area contributed by atoms with Crippen molar-refractivity contribution in [2.24, 2.45) is 0 Å². The molecule has 60 heavy (non-hydrogen) atoms. The van der Waals surface area contributed by atoms with Crippen molar-refractivity contribution in [1.29, 1.82) is 0 Å². The van der Waals surface area contributed by atoms with Gasteiger partial charge in [0.25, 0.3) is 0 Å². The summed E-state index contributed by atoms with van der Waals surface area (Å²) in [5.41, 5.74) is 14.5. The Balaban J connectivity index is 1.11. The van der Waals surface area contributed by atoms with Crippen molar-refractivity contribution >= 4 is 33.0 Å². The fourth-order valence-corrected chi connectivity index (χ4v) is 8.52. The van der Waals surface area contributed by atoms with Crippen molar-refractivity contribution in [3.05, 3.63) is 193 Å². The molecule has 5 heteroatoms. The van der Waals surface area contributed by atoms with Crippen molar-refractivity contribution in [3.8, 4) is 56.3 Å². The second-order valence-electron chi connectivity index (χ2n) is 17.3. The molecule has 0 fully saturated rings. The molecule has 0 bridgehead atoms. The van der Waals surface area contributed by atoms with Gasteiger partial charge in [0.05, 0.1) is 22.3 Å². The van der Waals surface area contributed by atoms with Crippen molar-refractivity contribution < 1.29 is 9.52 Å². The molecule has 0 aliphatic carbocycles. The van der Waals surface area contributed by atoms with Gasteiger partial charge in [-0.2, -0.15) is 0 Å². The highest BCUT2D eigenvalue weighted by Crippen LogP contribution is 2.43. The van der Waals surface area contributed by atoms with Crippen molar-refractivity contribution in [2.45, 2.75) is 45.4 Å². The van der Waals surface area contributed by atoms with E-state index >= 15 is 0 Å². The minimum atomic E-state index is -0.138. The highest BCUT2D eigenvalue weighted by atomic mass is 16.3. The number of phenols is 1. The summed E-state index contributed by atoms with van der Waals surface area (Å²) in [4.78, 5) is 10.4.